The molecule has 2 fully saturated rings. The molecule has 114 valence electrons. The highest BCUT2D eigenvalue weighted by atomic mass is 16.1. The lowest BCUT2D eigenvalue weighted by Crippen LogP contribution is -2.37. The molecule has 1 aromatic rings. The minimum absolute atomic E-state index is 0.0999. The SMILES string of the molecule is CC(C)c1ccc(CC(=O)C2CC3CCCCC3N2)cc1. The van der Waals surface area contributed by atoms with Crippen molar-refractivity contribution in [2.45, 2.75) is 70.4 Å². The van der Waals surface area contributed by atoms with E-state index in [0.29, 0.717) is 24.2 Å². The summed E-state index contributed by atoms with van der Waals surface area (Å²) >= 11 is 0. The molecule has 1 saturated carbocycles. The molecule has 3 atom stereocenters. The summed E-state index contributed by atoms with van der Waals surface area (Å²) in [5.74, 6) is 1.67. The van der Waals surface area contributed by atoms with Gasteiger partial charge in [0.15, 0.2) is 5.78 Å². The van der Waals surface area contributed by atoms with Gasteiger partial charge in [-0.1, -0.05) is 51.0 Å². The van der Waals surface area contributed by atoms with Crippen LogP contribution in [0.15, 0.2) is 24.3 Å². The third kappa shape index (κ3) is 3.37. The first-order valence-corrected chi connectivity index (χ1v) is 8.51. The Kier molecular flexibility index (Phi) is 4.44. The summed E-state index contributed by atoms with van der Waals surface area (Å²) in [6.07, 6.45) is 6.89. The van der Waals surface area contributed by atoms with E-state index in [4.69, 9.17) is 0 Å². The van der Waals surface area contributed by atoms with Gasteiger partial charge in [0.05, 0.1) is 6.04 Å². The van der Waals surface area contributed by atoms with Crippen LogP contribution < -0.4 is 5.32 Å². The van der Waals surface area contributed by atoms with E-state index in [0.717, 1.165) is 17.9 Å². The second-order valence-electron chi connectivity index (χ2n) is 7.15. The maximum Gasteiger partial charge on any atom is 0.154 e. The molecule has 2 aliphatic rings. The standard InChI is InChI=1S/C19H27NO/c1-13(2)15-9-7-14(8-10-15)11-19(21)18-12-16-5-3-4-6-17(16)20-18/h7-10,13,16-18,20H,3-6,11-12H2,1-2H3. The van der Waals surface area contributed by atoms with Crippen LogP contribution >= 0.6 is 0 Å². The normalized spacial score (nSPS) is 28.6. The van der Waals surface area contributed by atoms with Gasteiger partial charge in [-0.3, -0.25) is 4.79 Å². The smallest absolute Gasteiger partial charge is 0.154 e. The van der Waals surface area contributed by atoms with Crippen molar-refractivity contribution in [2.24, 2.45) is 5.92 Å². The average Bonchev–Trinajstić information content (AvgIpc) is 2.92. The third-order valence-corrected chi connectivity index (χ3v) is 5.28. The lowest BCUT2D eigenvalue weighted by Gasteiger charge is -2.24. The van der Waals surface area contributed by atoms with Crippen LogP contribution in [0.5, 0.6) is 0 Å². The molecule has 2 heteroatoms. The van der Waals surface area contributed by atoms with E-state index in [2.05, 4.69) is 43.4 Å². The van der Waals surface area contributed by atoms with Crippen LogP contribution in [0.25, 0.3) is 0 Å². The number of carbonyl (C=O) groups excluding carboxylic acids is 1. The van der Waals surface area contributed by atoms with Crippen LogP contribution in [-0.4, -0.2) is 17.9 Å². The largest absolute Gasteiger partial charge is 0.304 e. The fourth-order valence-corrected chi connectivity index (χ4v) is 3.91. The highest BCUT2D eigenvalue weighted by Crippen LogP contribution is 2.33. The van der Waals surface area contributed by atoms with Crippen LogP contribution in [0, 0.1) is 5.92 Å². The summed E-state index contributed by atoms with van der Waals surface area (Å²) in [6, 6.07) is 9.27. The summed E-state index contributed by atoms with van der Waals surface area (Å²) in [4.78, 5) is 12.5. The number of ketones is 1. The molecular formula is C19H27NO. The molecular weight excluding hydrogens is 258 g/mol. The van der Waals surface area contributed by atoms with E-state index in [9.17, 15) is 4.79 Å². The lowest BCUT2D eigenvalue weighted by atomic mass is 9.84. The Hall–Kier alpha value is -1.15. The van der Waals surface area contributed by atoms with Gasteiger partial charge in [0, 0.05) is 12.5 Å². The molecule has 1 saturated heterocycles. The van der Waals surface area contributed by atoms with Crippen LogP contribution in [0.4, 0.5) is 0 Å². The first-order chi connectivity index (χ1) is 10.1. The van der Waals surface area contributed by atoms with E-state index in [1.54, 1.807) is 0 Å². The van der Waals surface area contributed by atoms with Gasteiger partial charge in [-0.15, -0.1) is 0 Å². The fourth-order valence-electron chi connectivity index (χ4n) is 3.91. The first kappa shape index (κ1) is 14.8. The van der Waals surface area contributed by atoms with Crippen molar-refractivity contribution >= 4 is 5.78 Å². The van der Waals surface area contributed by atoms with Crippen LogP contribution in [0.2, 0.25) is 0 Å². The van der Waals surface area contributed by atoms with Crippen molar-refractivity contribution in [3.8, 4) is 0 Å². The molecule has 21 heavy (non-hydrogen) atoms. The van der Waals surface area contributed by atoms with Gasteiger partial charge in [0.25, 0.3) is 0 Å². The van der Waals surface area contributed by atoms with Gasteiger partial charge >= 0.3 is 0 Å². The predicted molar refractivity (Wildman–Crippen MR) is 86.5 cm³/mol. The second-order valence-corrected chi connectivity index (χ2v) is 7.15. The maximum absolute atomic E-state index is 12.5. The van der Waals surface area contributed by atoms with Gasteiger partial charge in [0.1, 0.15) is 0 Å². The zero-order chi connectivity index (χ0) is 14.8. The van der Waals surface area contributed by atoms with Crippen LogP contribution in [0.3, 0.4) is 0 Å². The minimum Gasteiger partial charge on any atom is -0.304 e. The zero-order valence-electron chi connectivity index (χ0n) is 13.3. The minimum atomic E-state index is 0.0999. The first-order valence-electron chi connectivity index (χ1n) is 8.51. The molecule has 0 amide bonds. The van der Waals surface area contributed by atoms with Crippen molar-refractivity contribution in [3.05, 3.63) is 35.4 Å². The van der Waals surface area contributed by atoms with Crippen molar-refractivity contribution in [1.29, 1.82) is 0 Å². The van der Waals surface area contributed by atoms with Crippen LogP contribution in [-0.2, 0) is 11.2 Å². The Bertz CT molecular complexity index is 477. The predicted octanol–water partition coefficient (Wildman–Crippen LogP) is 3.84. The molecule has 0 radical (unpaired) electrons. The fraction of sp³-hybridized carbons (Fsp3) is 0.632. The van der Waals surface area contributed by atoms with E-state index >= 15 is 0 Å². The van der Waals surface area contributed by atoms with Gasteiger partial charge in [-0.05, 0) is 42.2 Å². The van der Waals surface area contributed by atoms with Crippen LogP contribution in [0.1, 0.15) is 63.0 Å². The van der Waals surface area contributed by atoms with E-state index < -0.39 is 0 Å². The summed E-state index contributed by atoms with van der Waals surface area (Å²) in [7, 11) is 0. The number of nitrogens with one attached hydrogen (secondary N) is 1. The molecule has 0 aromatic heterocycles. The number of hydrogen-bond donors (Lipinski definition) is 1. The zero-order valence-corrected chi connectivity index (χ0v) is 13.3. The second kappa shape index (κ2) is 6.31. The highest BCUT2D eigenvalue weighted by Gasteiger charge is 2.37. The lowest BCUT2D eigenvalue weighted by molar-refractivity contribution is -0.120. The molecule has 2 nitrogen and oxygen atoms in total. The van der Waals surface area contributed by atoms with Crippen molar-refractivity contribution in [2.75, 3.05) is 0 Å². The Labute approximate surface area is 128 Å². The number of rotatable bonds is 4. The average molecular weight is 285 g/mol. The molecule has 0 bridgehead atoms. The number of fused-ring (bicyclic) bond motifs is 1. The Morgan fingerprint density at radius 2 is 1.90 bits per heavy atom. The summed E-state index contributed by atoms with van der Waals surface area (Å²) in [5.41, 5.74) is 2.50. The summed E-state index contributed by atoms with van der Waals surface area (Å²) in [5, 5.41) is 3.59. The summed E-state index contributed by atoms with van der Waals surface area (Å²) < 4.78 is 0. The van der Waals surface area contributed by atoms with Crippen molar-refractivity contribution in [3.63, 3.8) is 0 Å². The maximum atomic E-state index is 12.5. The van der Waals surface area contributed by atoms with Gasteiger partial charge in [0.2, 0.25) is 0 Å². The Morgan fingerprint density at radius 1 is 1.19 bits per heavy atom. The van der Waals surface area contributed by atoms with Crippen molar-refractivity contribution in [1.82, 2.24) is 5.32 Å². The van der Waals surface area contributed by atoms with Gasteiger partial charge in [-0.25, -0.2) is 0 Å². The topological polar surface area (TPSA) is 29.1 Å². The summed E-state index contributed by atoms with van der Waals surface area (Å²) in [6.45, 7) is 4.40. The number of Topliss-reactive ketones (excluding diaryl/α,β-unsaturated/α-hetero) is 1. The van der Waals surface area contributed by atoms with Gasteiger partial charge < -0.3 is 5.32 Å². The van der Waals surface area contributed by atoms with E-state index in [1.165, 1.54) is 31.2 Å². The molecule has 3 unspecified atom stereocenters. The van der Waals surface area contributed by atoms with E-state index in [1.807, 2.05) is 0 Å². The molecule has 1 heterocycles. The third-order valence-electron chi connectivity index (χ3n) is 5.28. The molecule has 1 aliphatic heterocycles. The number of hydrogen-bond acceptors (Lipinski definition) is 2. The van der Waals surface area contributed by atoms with Gasteiger partial charge in [-0.2, -0.15) is 0 Å². The Morgan fingerprint density at radius 3 is 2.57 bits per heavy atom. The molecule has 1 aliphatic carbocycles. The monoisotopic (exact) mass is 285 g/mol. The Balaban J connectivity index is 1.59. The number of carbonyl (C=O) groups is 1. The van der Waals surface area contributed by atoms with E-state index in [-0.39, 0.29) is 6.04 Å². The quantitative estimate of drug-likeness (QED) is 0.910. The molecule has 1 aromatic carbocycles. The molecule has 3 rings (SSSR count). The molecule has 1 N–H and O–H groups in total. The number of benzene rings is 1. The van der Waals surface area contributed by atoms with Crippen molar-refractivity contribution < 1.29 is 4.79 Å². The molecule has 0 spiro atoms. The highest BCUT2D eigenvalue weighted by molar-refractivity contribution is 5.86.